The van der Waals surface area contributed by atoms with E-state index >= 15 is 0 Å². The second-order valence-electron chi connectivity index (χ2n) is 20.7. The van der Waals surface area contributed by atoms with Crippen molar-refractivity contribution in [2.24, 2.45) is 0 Å². The van der Waals surface area contributed by atoms with E-state index in [0.717, 1.165) is 34.1 Å². The first kappa shape index (κ1) is 40.6. The fourth-order valence-corrected chi connectivity index (χ4v) is 10.6. The molecule has 0 fully saturated rings. The molecule has 0 amide bonds. The summed E-state index contributed by atoms with van der Waals surface area (Å²) in [4.78, 5) is 4.74. The molecule has 11 rings (SSSR count). The number of para-hydroxylation sites is 4. The van der Waals surface area contributed by atoms with E-state index in [1.54, 1.807) is 0 Å². The largest absolute Gasteiger partial charge is 0.311 e. The number of benzene rings is 10. The van der Waals surface area contributed by atoms with E-state index in [1.807, 2.05) is 0 Å². The minimum Gasteiger partial charge on any atom is -0.311 e. The highest BCUT2D eigenvalue weighted by Gasteiger charge is 2.40. The van der Waals surface area contributed by atoms with Gasteiger partial charge in [0.1, 0.15) is 0 Å². The highest BCUT2D eigenvalue weighted by atomic mass is 15.1. The molecule has 0 atom stereocenters. The molecule has 0 N–H and O–H groups in total. The van der Waals surface area contributed by atoms with Gasteiger partial charge in [0.05, 0.1) is 0 Å². The maximum atomic E-state index is 2.55. The third-order valence-electron chi connectivity index (χ3n) is 14.0. The summed E-state index contributed by atoms with van der Waals surface area (Å²) in [7, 11) is 0. The third-order valence-corrected chi connectivity index (χ3v) is 14.0. The van der Waals surface area contributed by atoms with Crippen LogP contribution in [0, 0.1) is 0 Å². The molecule has 65 heavy (non-hydrogen) atoms. The Morgan fingerprint density at radius 2 is 0.800 bits per heavy atom. The van der Waals surface area contributed by atoms with Crippen molar-refractivity contribution in [2.75, 3.05) is 9.80 Å². The molecule has 318 valence electrons. The molecule has 0 unspecified atom stereocenters. The van der Waals surface area contributed by atoms with Gasteiger partial charge < -0.3 is 9.80 Å². The average molecular weight is 841 g/mol. The summed E-state index contributed by atoms with van der Waals surface area (Å²) in [5.74, 6) is 0. The second-order valence-corrected chi connectivity index (χ2v) is 20.7. The summed E-state index contributed by atoms with van der Waals surface area (Å²) >= 11 is 0. The zero-order valence-electron chi connectivity index (χ0n) is 38.9. The molecule has 10 aromatic rings. The second kappa shape index (κ2) is 15.0. The van der Waals surface area contributed by atoms with Crippen LogP contribution in [0.2, 0.25) is 0 Å². The predicted molar refractivity (Wildman–Crippen MR) is 280 cm³/mol. The van der Waals surface area contributed by atoms with Crippen molar-refractivity contribution in [1.29, 1.82) is 0 Å². The zero-order chi connectivity index (χ0) is 44.8. The van der Waals surface area contributed by atoms with Gasteiger partial charge in [-0.25, -0.2) is 0 Å². The molecule has 0 bridgehead atoms. The first-order chi connectivity index (χ1) is 31.3. The lowest BCUT2D eigenvalue weighted by atomic mass is 9.74. The van der Waals surface area contributed by atoms with E-state index in [2.05, 4.69) is 259 Å². The third kappa shape index (κ3) is 6.69. The van der Waals surface area contributed by atoms with Gasteiger partial charge >= 0.3 is 0 Å². The summed E-state index contributed by atoms with van der Waals surface area (Å²) in [6.45, 7) is 19.1. The summed E-state index contributed by atoms with van der Waals surface area (Å²) in [6.07, 6.45) is 0. The first-order valence-electron chi connectivity index (χ1n) is 23.2. The van der Waals surface area contributed by atoms with E-state index in [9.17, 15) is 0 Å². The molecule has 1 aliphatic rings. The van der Waals surface area contributed by atoms with Crippen LogP contribution in [0.4, 0.5) is 34.1 Å². The molecule has 0 spiro atoms. The number of hydrogen-bond acceptors (Lipinski definition) is 2. The number of nitrogens with zero attached hydrogens (tertiary/aromatic N) is 2. The first-order valence-corrected chi connectivity index (χ1v) is 23.2. The Morgan fingerprint density at radius 3 is 1.31 bits per heavy atom. The average Bonchev–Trinajstić information content (AvgIpc) is 3.55. The maximum Gasteiger partial charge on any atom is 0.0465 e. The van der Waals surface area contributed by atoms with Gasteiger partial charge in [-0.3, -0.25) is 0 Å². The van der Waals surface area contributed by atoms with E-state index in [4.69, 9.17) is 0 Å². The molecular weight excluding hydrogens is 785 g/mol. The Bertz CT molecular complexity index is 3290. The molecule has 0 heterocycles. The predicted octanol–water partition coefficient (Wildman–Crippen LogP) is 18.1. The van der Waals surface area contributed by atoms with E-state index < -0.39 is 0 Å². The maximum absolute atomic E-state index is 2.55. The Labute approximate surface area is 384 Å². The van der Waals surface area contributed by atoms with E-state index in [1.165, 1.54) is 76.8 Å². The number of hydrogen-bond donors (Lipinski definition) is 0. The fourth-order valence-electron chi connectivity index (χ4n) is 10.6. The lowest BCUT2D eigenvalue weighted by Gasteiger charge is -2.30. The van der Waals surface area contributed by atoms with Crippen LogP contribution < -0.4 is 9.80 Å². The van der Waals surface area contributed by atoms with Crippen molar-refractivity contribution in [1.82, 2.24) is 0 Å². The lowest BCUT2D eigenvalue weighted by Crippen LogP contribution is -2.18. The lowest BCUT2D eigenvalue weighted by molar-refractivity contribution is 0.591. The minimum absolute atomic E-state index is 0.0520. The molecule has 0 saturated carbocycles. The van der Waals surface area contributed by atoms with Crippen LogP contribution in [0.25, 0.3) is 54.6 Å². The van der Waals surface area contributed by atoms with Crippen LogP contribution in [0.15, 0.2) is 194 Å². The molecule has 0 radical (unpaired) electrons. The van der Waals surface area contributed by atoms with Gasteiger partial charge in [-0.15, -0.1) is 0 Å². The standard InChI is InChI=1S/C63H56N2/c1-61(2,3)43-35-42-36-52(41-29-31-49(32-30-41)64(45-21-13-9-14-22-45)46-23-15-10-16-24-46)53-37-44(62(4,5)6)39-55-58(53)57(42)54(38-43)59-51-34-33-50(40-56(51)63(7,8)60(55)59)65(47-25-17-11-18-26-47)48-27-19-12-20-28-48/h9-40H,1-8H3. The molecule has 10 aromatic carbocycles. The topological polar surface area (TPSA) is 6.48 Å². The fraction of sp³-hybridized carbons (Fsp3) is 0.175. The van der Waals surface area contributed by atoms with Gasteiger partial charge in [0.2, 0.25) is 0 Å². The van der Waals surface area contributed by atoms with Gasteiger partial charge in [0, 0.05) is 39.5 Å². The summed E-state index contributed by atoms with van der Waals surface area (Å²) < 4.78 is 0. The van der Waals surface area contributed by atoms with Crippen molar-refractivity contribution in [2.45, 2.75) is 71.6 Å². The quantitative estimate of drug-likeness (QED) is 0.148. The van der Waals surface area contributed by atoms with Crippen molar-refractivity contribution in [3.8, 4) is 22.3 Å². The molecule has 0 aromatic heterocycles. The Morgan fingerprint density at radius 1 is 0.369 bits per heavy atom. The normalized spacial score (nSPS) is 13.4. The molecular formula is C63H56N2. The van der Waals surface area contributed by atoms with Crippen molar-refractivity contribution >= 4 is 66.4 Å². The summed E-state index contributed by atoms with van der Waals surface area (Å²) in [6, 6.07) is 72.0. The minimum atomic E-state index is -0.291. The summed E-state index contributed by atoms with van der Waals surface area (Å²) in [5.41, 5.74) is 17.2. The van der Waals surface area contributed by atoms with Crippen molar-refractivity contribution < 1.29 is 0 Å². The van der Waals surface area contributed by atoms with Crippen LogP contribution in [-0.4, -0.2) is 0 Å². The highest BCUT2D eigenvalue weighted by molar-refractivity contribution is 6.31. The molecule has 0 aliphatic heterocycles. The molecule has 2 heteroatoms. The smallest absolute Gasteiger partial charge is 0.0465 e. The van der Waals surface area contributed by atoms with E-state index in [-0.39, 0.29) is 16.2 Å². The Kier molecular flexibility index (Phi) is 9.35. The van der Waals surface area contributed by atoms with Crippen LogP contribution in [0.5, 0.6) is 0 Å². The van der Waals surface area contributed by atoms with Gasteiger partial charge in [0.15, 0.2) is 0 Å². The molecule has 0 saturated heterocycles. The number of anilines is 6. The zero-order valence-corrected chi connectivity index (χ0v) is 38.9. The van der Waals surface area contributed by atoms with E-state index in [0.29, 0.717) is 0 Å². The monoisotopic (exact) mass is 840 g/mol. The molecule has 2 nitrogen and oxygen atoms in total. The van der Waals surface area contributed by atoms with Crippen LogP contribution >= 0.6 is 0 Å². The number of rotatable bonds is 7. The molecule has 1 aliphatic carbocycles. The highest BCUT2D eigenvalue weighted by Crippen LogP contribution is 2.58. The SMILES string of the molecule is CC(C)(C)c1cc2cc(-c3ccc(N(c4ccccc4)c4ccccc4)cc3)c3cc(C(C)(C)C)cc4c5c(c(c1)c2c34)-c1ccc(N(c2ccccc2)c2ccccc2)cc1C5(C)C. The number of fused-ring (bicyclic) bond motifs is 5. The van der Waals surface area contributed by atoms with Crippen molar-refractivity contribution in [3.05, 3.63) is 216 Å². The van der Waals surface area contributed by atoms with Gasteiger partial charge in [-0.1, -0.05) is 159 Å². The van der Waals surface area contributed by atoms with Gasteiger partial charge in [-0.2, -0.15) is 0 Å². The Hall–Kier alpha value is -7.16. The van der Waals surface area contributed by atoms with Crippen LogP contribution in [0.1, 0.15) is 77.6 Å². The Balaban J connectivity index is 1.18. The summed E-state index contributed by atoms with van der Waals surface area (Å²) in [5, 5.41) is 8.08. The van der Waals surface area contributed by atoms with Crippen LogP contribution in [0.3, 0.4) is 0 Å². The van der Waals surface area contributed by atoms with Crippen molar-refractivity contribution in [3.63, 3.8) is 0 Å². The van der Waals surface area contributed by atoms with Crippen LogP contribution in [-0.2, 0) is 16.2 Å². The van der Waals surface area contributed by atoms with Gasteiger partial charge in [0.25, 0.3) is 0 Å². The van der Waals surface area contributed by atoms with Gasteiger partial charge in [-0.05, 0) is 179 Å².